The number of hydrogen-bond donors (Lipinski definition) is 1. The summed E-state index contributed by atoms with van der Waals surface area (Å²) in [7, 11) is 0. The van der Waals surface area contributed by atoms with Gasteiger partial charge in [0, 0.05) is 17.7 Å². The molecule has 1 amide bonds. The number of benzene rings is 2. The molecule has 0 bridgehead atoms. The summed E-state index contributed by atoms with van der Waals surface area (Å²) < 4.78 is 11.1. The quantitative estimate of drug-likeness (QED) is 0.196. The van der Waals surface area contributed by atoms with Gasteiger partial charge in [0.25, 0.3) is 11.5 Å². The lowest BCUT2D eigenvalue weighted by atomic mass is 9.95. The van der Waals surface area contributed by atoms with Crippen LogP contribution < -0.4 is 14.4 Å². The number of amides is 1. The smallest absolute Gasteiger partial charge is 0.301 e. The van der Waals surface area contributed by atoms with Crippen LogP contribution in [0.15, 0.2) is 48.0 Å². The molecule has 2 aromatic carbocycles. The summed E-state index contributed by atoms with van der Waals surface area (Å²) in [5.74, 6) is -1.32. The second-order valence-corrected chi connectivity index (χ2v) is 8.64. The molecule has 0 spiro atoms. The zero-order valence-electron chi connectivity index (χ0n) is 17.6. The SMILES string of the molecule is Cc1nnc(N2C(=O)C(=O)C(=C(O)c3ccc4c(c3)OCCO4)[C@@H]2c2ccc([N+](=O)[O-])cc2)s1. The predicted octanol–water partition coefficient (Wildman–Crippen LogP) is 3.15. The Balaban J connectivity index is 1.68. The number of hydrogen-bond acceptors (Lipinski definition) is 10. The number of non-ortho nitro benzene ring substituents is 1. The molecule has 12 heteroatoms. The van der Waals surface area contributed by atoms with Crippen molar-refractivity contribution < 1.29 is 29.1 Å². The minimum Gasteiger partial charge on any atom is -0.507 e. The highest BCUT2D eigenvalue weighted by atomic mass is 32.1. The summed E-state index contributed by atoms with van der Waals surface area (Å²) in [5.41, 5.74) is 0.307. The first-order valence-electron chi connectivity index (χ1n) is 10.1. The highest BCUT2D eigenvalue weighted by Crippen LogP contribution is 2.44. The summed E-state index contributed by atoms with van der Waals surface area (Å²) in [6.07, 6.45) is 0. The lowest BCUT2D eigenvalue weighted by Crippen LogP contribution is -2.29. The highest BCUT2D eigenvalue weighted by molar-refractivity contribution is 7.15. The van der Waals surface area contributed by atoms with Crippen molar-refractivity contribution in [1.82, 2.24) is 10.2 Å². The fourth-order valence-corrected chi connectivity index (χ4v) is 4.57. The molecule has 0 saturated carbocycles. The first-order chi connectivity index (χ1) is 16.3. The van der Waals surface area contributed by atoms with E-state index in [0.717, 1.165) is 16.2 Å². The van der Waals surface area contributed by atoms with Crippen molar-refractivity contribution in [1.29, 1.82) is 0 Å². The van der Waals surface area contributed by atoms with E-state index in [1.807, 2.05) is 0 Å². The van der Waals surface area contributed by atoms with E-state index in [2.05, 4.69) is 10.2 Å². The van der Waals surface area contributed by atoms with Crippen LogP contribution in [0.4, 0.5) is 10.8 Å². The number of carbonyl (C=O) groups excluding carboxylic acids is 2. The van der Waals surface area contributed by atoms with Crippen LogP contribution in [-0.4, -0.2) is 45.1 Å². The lowest BCUT2D eigenvalue weighted by molar-refractivity contribution is -0.384. The number of aromatic nitrogens is 2. The number of nitrogens with zero attached hydrogens (tertiary/aromatic N) is 4. The predicted molar refractivity (Wildman–Crippen MR) is 120 cm³/mol. The van der Waals surface area contributed by atoms with E-state index in [9.17, 15) is 24.8 Å². The van der Waals surface area contributed by atoms with E-state index in [4.69, 9.17) is 9.47 Å². The molecule has 3 aromatic rings. The van der Waals surface area contributed by atoms with Crippen LogP contribution in [0, 0.1) is 17.0 Å². The molecule has 0 radical (unpaired) electrons. The molecular formula is C22H16N4O7S. The number of nitro groups is 1. The maximum atomic E-state index is 13.1. The summed E-state index contributed by atoms with van der Waals surface area (Å²) in [6.45, 7) is 2.43. The van der Waals surface area contributed by atoms with Crippen molar-refractivity contribution in [3.05, 3.63) is 74.3 Å². The number of anilines is 1. The van der Waals surface area contributed by atoms with Crippen LogP contribution in [0.2, 0.25) is 0 Å². The molecule has 1 atom stereocenters. The van der Waals surface area contributed by atoms with E-state index in [1.54, 1.807) is 19.1 Å². The molecule has 11 nitrogen and oxygen atoms in total. The summed E-state index contributed by atoms with van der Waals surface area (Å²) in [5, 5.41) is 31.0. The number of carbonyl (C=O) groups is 2. The van der Waals surface area contributed by atoms with Crippen LogP contribution in [-0.2, 0) is 9.59 Å². The van der Waals surface area contributed by atoms with E-state index in [1.165, 1.54) is 30.3 Å². The fourth-order valence-electron chi connectivity index (χ4n) is 3.85. The Hall–Kier alpha value is -4.32. The molecule has 0 aliphatic carbocycles. The molecule has 2 aliphatic rings. The number of aliphatic hydroxyl groups excluding tert-OH is 1. The van der Waals surface area contributed by atoms with Gasteiger partial charge in [-0.1, -0.05) is 11.3 Å². The van der Waals surface area contributed by atoms with E-state index in [0.29, 0.717) is 35.3 Å². The molecule has 2 aliphatic heterocycles. The standard InChI is InChI=1S/C22H16N4O7S/c1-11-23-24-22(34-11)25-18(12-2-5-14(6-3-12)26(30)31)17(20(28)21(25)29)19(27)13-4-7-15-16(10-13)33-9-8-32-15/h2-7,10,18,27H,8-9H2,1H3/t18-/m0/s1. The first-order valence-corrected chi connectivity index (χ1v) is 10.9. The average molecular weight is 480 g/mol. The minimum absolute atomic E-state index is 0.153. The molecule has 1 fully saturated rings. The van der Waals surface area contributed by atoms with Gasteiger partial charge in [-0.05, 0) is 42.8 Å². The maximum absolute atomic E-state index is 13.1. The average Bonchev–Trinajstić information content (AvgIpc) is 3.38. The molecule has 1 saturated heterocycles. The maximum Gasteiger partial charge on any atom is 0.301 e. The number of Topliss-reactive ketones (excluding diaryl/α,β-unsaturated/α-hetero) is 1. The van der Waals surface area contributed by atoms with Gasteiger partial charge in [0.15, 0.2) is 11.5 Å². The number of fused-ring (bicyclic) bond motifs is 1. The van der Waals surface area contributed by atoms with Crippen molar-refractivity contribution in [3.8, 4) is 11.5 Å². The van der Waals surface area contributed by atoms with E-state index < -0.39 is 28.4 Å². The monoisotopic (exact) mass is 480 g/mol. The number of ketones is 1. The van der Waals surface area contributed by atoms with Crippen LogP contribution in [0.25, 0.3) is 5.76 Å². The zero-order valence-corrected chi connectivity index (χ0v) is 18.4. The number of ether oxygens (including phenoxy) is 2. The third kappa shape index (κ3) is 3.53. The normalized spacial score (nSPS) is 18.9. The molecule has 1 N–H and O–H groups in total. The molecule has 0 unspecified atom stereocenters. The minimum atomic E-state index is -1.07. The van der Waals surface area contributed by atoms with E-state index >= 15 is 0 Å². The zero-order chi connectivity index (χ0) is 24.0. The van der Waals surface area contributed by atoms with Crippen LogP contribution >= 0.6 is 11.3 Å². The van der Waals surface area contributed by atoms with Gasteiger partial charge in [-0.15, -0.1) is 10.2 Å². The number of aryl methyl sites for hydroxylation is 1. The molecule has 34 heavy (non-hydrogen) atoms. The Morgan fingerprint density at radius 1 is 1.12 bits per heavy atom. The van der Waals surface area contributed by atoms with Gasteiger partial charge >= 0.3 is 5.91 Å². The van der Waals surface area contributed by atoms with Gasteiger partial charge < -0.3 is 14.6 Å². The Morgan fingerprint density at radius 3 is 2.47 bits per heavy atom. The van der Waals surface area contributed by atoms with Crippen LogP contribution in [0.1, 0.15) is 22.2 Å². The molecule has 172 valence electrons. The van der Waals surface area contributed by atoms with Gasteiger partial charge in [-0.3, -0.25) is 24.6 Å². The van der Waals surface area contributed by atoms with Crippen molar-refractivity contribution in [2.75, 3.05) is 18.1 Å². The van der Waals surface area contributed by atoms with Crippen LogP contribution in [0.3, 0.4) is 0 Å². The van der Waals surface area contributed by atoms with Gasteiger partial charge in [0.1, 0.15) is 24.0 Å². The lowest BCUT2D eigenvalue weighted by Gasteiger charge is -2.23. The molecule has 1 aromatic heterocycles. The van der Waals surface area contributed by atoms with Gasteiger partial charge in [0.05, 0.1) is 16.5 Å². The van der Waals surface area contributed by atoms with Crippen molar-refractivity contribution in [2.45, 2.75) is 13.0 Å². The largest absolute Gasteiger partial charge is 0.507 e. The molecule has 5 rings (SSSR count). The van der Waals surface area contributed by atoms with Gasteiger partial charge in [-0.2, -0.15) is 0 Å². The highest BCUT2D eigenvalue weighted by Gasteiger charge is 2.48. The Bertz CT molecular complexity index is 1370. The Kier molecular flexibility index (Phi) is 5.21. The van der Waals surface area contributed by atoms with Crippen molar-refractivity contribution >= 4 is 39.6 Å². The van der Waals surface area contributed by atoms with E-state index in [-0.39, 0.29) is 22.0 Å². The third-order valence-electron chi connectivity index (χ3n) is 5.40. The number of rotatable bonds is 4. The Labute approximate surface area is 196 Å². The van der Waals surface area contributed by atoms with Gasteiger partial charge in [0.2, 0.25) is 5.13 Å². The molecular weight excluding hydrogens is 464 g/mol. The molecule has 3 heterocycles. The van der Waals surface area contributed by atoms with Crippen molar-refractivity contribution in [3.63, 3.8) is 0 Å². The summed E-state index contributed by atoms with van der Waals surface area (Å²) in [4.78, 5) is 37.9. The number of aliphatic hydroxyl groups is 1. The second kappa shape index (κ2) is 8.23. The number of nitro benzene ring substituents is 1. The Morgan fingerprint density at radius 2 is 1.82 bits per heavy atom. The van der Waals surface area contributed by atoms with Crippen molar-refractivity contribution in [2.24, 2.45) is 0 Å². The first kappa shape index (κ1) is 21.5. The fraction of sp³-hybridized carbons (Fsp3) is 0.182. The topological polar surface area (TPSA) is 145 Å². The summed E-state index contributed by atoms with van der Waals surface area (Å²) in [6, 6.07) is 9.03. The summed E-state index contributed by atoms with van der Waals surface area (Å²) >= 11 is 1.11. The third-order valence-corrected chi connectivity index (χ3v) is 6.24. The van der Waals surface area contributed by atoms with Gasteiger partial charge in [-0.25, -0.2) is 0 Å². The second-order valence-electron chi connectivity index (χ2n) is 7.48. The van der Waals surface area contributed by atoms with Crippen LogP contribution in [0.5, 0.6) is 11.5 Å².